The molecule has 0 aromatic heterocycles. The van der Waals surface area contributed by atoms with Gasteiger partial charge in [0.05, 0.1) is 32.5 Å². The van der Waals surface area contributed by atoms with Crippen molar-refractivity contribution in [1.29, 1.82) is 0 Å². The lowest BCUT2D eigenvalue weighted by Crippen LogP contribution is -2.38. The first-order chi connectivity index (χ1) is 9.74. The van der Waals surface area contributed by atoms with Gasteiger partial charge in [-0.2, -0.15) is 0 Å². The summed E-state index contributed by atoms with van der Waals surface area (Å²) in [5, 5.41) is 0.703. The standard InChI is InChI=1S/C15H22ClNO3/c1-17(11-15-12-18-8-9-20-15)6-3-7-19-14-5-2-4-13(16)10-14/h2,4-5,10,15H,3,6-9,11-12H2,1H3. The molecule has 1 aliphatic rings. The van der Waals surface area contributed by atoms with Crippen LogP contribution in [-0.4, -0.2) is 57.6 Å². The average Bonchev–Trinajstić information content (AvgIpc) is 2.45. The predicted molar refractivity (Wildman–Crippen MR) is 79.6 cm³/mol. The highest BCUT2D eigenvalue weighted by Crippen LogP contribution is 2.17. The van der Waals surface area contributed by atoms with Crippen LogP contribution in [0.2, 0.25) is 5.02 Å². The SMILES string of the molecule is CN(CCCOc1cccc(Cl)c1)CC1COCCO1. The van der Waals surface area contributed by atoms with Crippen LogP contribution in [0.3, 0.4) is 0 Å². The van der Waals surface area contributed by atoms with Gasteiger partial charge in [0.15, 0.2) is 0 Å². The Labute approximate surface area is 125 Å². The monoisotopic (exact) mass is 299 g/mol. The van der Waals surface area contributed by atoms with Crippen LogP contribution in [0.15, 0.2) is 24.3 Å². The van der Waals surface area contributed by atoms with Crippen molar-refractivity contribution >= 4 is 11.6 Å². The fourth-order valence-electron chi connectivity index (χ4n) is 2.16. The molecular weight excluding hydrogens is 278 g/mol. The number of rotatable bonds is 7. The van der Waals surface area contributed by atoms with Gasteiger partial charge in [0, 0.05) is 18.1 Å². The van der Waals surface area contributed by atoms with Gasteiger partial charge in [0.25, 0.3) is 0 Å². The van der Waals surface area contributed by atoms with Gasteiger partial charge >= 0.3 is 0 Å². The quantitative estimate of drug-likeness (QED) is 0.724. The van der Waals surface area contributed by atoms with Crippen LogP contribution < -0.4 is 4.74 Å². The Kier molecular flexibility index (Phi) is 6.60. The molecular formula is C15H22ClNO3. The minimum Gasteiger partial charge on any atom is -0.493 e. The second-order valence-corrected chi connectivity index (χ2v) is 5.43. The molecule has 0 aliphatic carbocycles. The topological polar surface area (TPSA) is 30.9 Å². The third-order valence-electron chi connectivity index (χ3n) is 3.15. The van der Waals surface area contributed by atoms with Crippen molar-refractivity contribution in [3.8, 4) is 5.75 Å². The smallest absolute Gasteiger partial charge is 0.120 e. The van der Waals surface area contributed by atoms with Gasteiger partial charge in [0.2, 0.25) is 0 Å². The molecule has 0 radical (unpaired) electrons. The number of benzene rings is 1. The van der Waals surface area contributed by atoms with Crippen LogP contribution in [0.1, 0.15) is 6.42 Å². The summed E-state index contributed by atoms with van der Waals surface area (Å²) < 4.78 is 16.7. The lowest BCUT2D eigenvalue weighted by atomic mass is 10.3. The Balaban J connectivity index is 1.58. The van der Waals surface area contributed by atoms with E-state index in [1.165, 1.54) is 0 Å². The molecule has 1 unspecified atom stereocenters. The summed E-state index contributed by atoms with van der Waals surface area (Å²) in [5.74, 6) is 0.823. The molecule has 1 fully saturated rings. The van der Waals surface area contributed by atoms with Crippen molar-refractivity contribution in [1.82, 2.24) is 4.90 Å². The number of nitrogens with zero attached hydrogens (tertiary/aromatic N) is 1. The summed E-state index contributed by atoms with van der Waals surface area (Å²) in [6.07, 6.45) is 1.17. The molecule has 5 heteroatoms. The van der Waals surface area contributed by atoms with E-state index in [4.69, 9.17) is 25.8 Å². The Hall–Kier alpha value is -0.810. The van der Waals surface area contributed by atoms with Gasteiger partial charge in [-0.1, -0.05) is 17.7 Å². The zero-order chi connectivity index (χ0) is 14.2. The number of likely N-dealkylation sites (N-methyl/N-ethyl adjacent to an activating group) is 1. The summed E-state index contributed by atoms with van der Waals surface area (Å²) in [4.78, 5) is 2.25. The third kappa shape index (κ3) is 5.67. The summed E-state index contributed by atoms with van der Waals surface area (Å²) in [5.41, 5.74) is 0. The molecule has 1 aliphatic heterocycles. The van der Waals surface area contributed by atoms with Crippen LogP contribution in [-0.2, 0) is 9.47 Å². The molecule has 0 saturated carbocycles. The van der Waals surface area contributed by atoms with E-state index in [2.05, 4.69) is 11.9 Å². The summed E-state index contributed by atoms with van der Waals surface area (Å²) in [6.45, 7) is 4.68. The van der Waals surface area contributed by atoms with Crippen LogP contribution >= 0.6 is 11.6 Å². The van der Waals surface area contributed by atoms with E-state index in [9.17, 15) is 0 Å². The van der Waals surface area contributed by atoms with E-state index in [1.54, 1.807) is 0 Å². The van der Waals surface area contributed by atoms with Crippen molar-refractivity contribution in [2.75, 3.05) is 46.6 Å². The Morgan fingerprint density at radius 3 is 3.05 bits per heavy atom. The summed E-state index contributed by atoms with van der Waals surface area (Å²) >= 11 is 5.90. The molecule has 0 N–H and O–H groups in total. The van der Waals surface area contributed by atoms with E-state index in [1.807, 2.05) is 24.3 Å². The molecule has 0 amide bonds. The second-order valence-electron chi connectivity index (χ2n) is 4.99. The Morgan fingerprint density at radius 2 is 2.30 bits per heavy atom. The first kappa shape index (κ1) is 15.6. The number of halogens is 1. The minimum atomic E-state index is 0.197. The van der Waals surface area contributed by atoms with Crippen molar-refractivity contribution in [3.63, 3.8) is 0 Å². The van der Waals surface area contributed by atoms with E-state index in [-0.39, 0.29) is 6.10 Å². The van der Waals surface area contributed by atoms with E-state index < -0.39 is 0 Å². The van der Waals surface area contributed by atoms with Crippen LogP contribution in [0.4, 0.5) is 0 Å². The maximum absolute atomic E-state index is 5.90. The van der Waals surface area contributed by atoms with Gasteiger partial charge in [0.1, 0.15) is 5.75 Å². The lowest BCUT2D eigenvalue weighted by Gasteiger charge is -2.27. The molecule has 1 aromatic carbocycles. The zero-order valence-corrected chi connectivity index (χ0v) is 12.6. The lowest BCUT2D eigenvalue weighted by molar-refractivity contribution is -0.0958. The second kappa shape index (κ2) is 8.47. The van der Waals surface area contributed by atoms with Crippen LogP contribution in [0.25, 0.3) is 0 Å². The fourth-order valence-corrected chi connectivity index (χ4v) is 2.34. The molecule has 1 atom stereocenters. The number of hydrogen-bond donors (Lipinski definition) is 0. The van der Waals surface area contributed by atoms with Crippen molar-refractivity contribution in [2.24, 2.45) is 0 Å². The molecule has 0 spiro atoms. The first-order valence-electron chi connectivity index (χ1n) is 7.00. The van der Waals surface area contributed by atoms with Gasteiger partial charge in [-0.3, -0.25) is 0 Å². The maximum atomic E-state index is 5.90. The number of hydrogen-bond acceptors (Lipinski definition) is 4. The molecule has 2 rings (SSSR count). The molecule has 4 nitrogen and oxygen atoms in total. The Morgan fingerprint density at radius 1 is 1.40 bits per heavy atom. The molecule has 20 heavy (non-hydrogen) atoms. The highest BCUT2D eigenvalue weighted by molar-refractivity contribution is 6.30. The fraction of sp³-hybridized carbons (Fsp3) is 0.600. The van der Waals surface area contributed by atoms with Gasteiger partial charge < -0.3 is 19.1 Å². The molecule has 1 heterocycles. The predicted octanol–water partition coefficient (Wildman–Crippen LogP) is 2.46. The summed E-state index contributed by atoms with van der Waals surface area (Å²) in [6, 6.07) is 7.49. The van der Waals surface area contributed by atoms with Crippen molar-refractivity contribution < 1.29 is 14.2 Å². The van der Waals surface area contributed by atoms with Crippen molar-refractivity contribution in [3.05, 3.63) is 29.3 Å². The third-order valence-corrected chi connectivity index (χ3v) is 3.38. The normalized spacial score (nSPS) is 19.2. The van der Waals surface area contributed by atoms with E-state index in [0.29, 0.717) is 31.5 Å². The first-order valence-corrected chi connectivity index (χ1v) is 7.38. The molecule has 0 bridgehead atoms. The largest absolute Gasteiger partial charge is 0.493 e. The van der Waals surface area contributed by atoms with E-state index in [0.717, 1.165) is 25.3 Å². The van der Waals surface area contributed by atoms with Crippen LogP contribution in [0, 0.1) is 0 Å². The highest BCUT2D eigenvalue weighted by atomic mass is 35.5. The zero-order valence-electron chi connectivity index (χ0n) is 11.9. The molecule has 112 valence electrons. The van der Waals surface area contributed by atoms with Gasteiger partial charge in [-0.15, -0.1) is 0 Å². The number of ether oxygens (including phenoxy) is 3. The van der Waals surface area contributed by atoms with Crippen LogP contribution in [0.5, 0.6) is 5.75 Å². The molecule has 1 saturated heterocycles. The minimum absolute atomic E-state index is 0.197. The molecule has 1 aromatic rings. The highest BCUT2D eigenvalue weighted by Gasteiger charge is 2.15. The maximum Gasteiger partial charge on any atom is 0.120 e. The van der Waals surface area contributed by atoms with E-state index >= 15 is 0 Å². The van der Waals surface area contributed by atoms with Gasteiger partial charge in [-0.05, 0) is 31.7 Å². The Bertz CT molecular complexity index is 396. The van der Waals surface area contributed by atoms with Crippen molar-refractivity contribution in [2.45, 2.75) is 12.5 Å². The average molecular weight is 300 g/mol. The summed E-state index contributed by atoms with van der Waals surface area (Å²) in [7, 11) is 2.09. The van der Waals surface area contributed by atoms with Gasteiger partial charge in [-0.25, -0.2) is 0 Å².